The molecule has 116 valence electrons. The van der Waals surface area contributed by atoms with E-state index in [1.54, 1.807) is 43.5 Å². The normalized spacial score (nSPS) is 10.4. The molecule has 1 amide bonds. The summed E-state index contributed by atoms with van der Waals surface area (Å²) in [6.07, 6.45) is 1.67. The Morgan fingerprint density at radius 3 is 2.36 bits per heavy atom. The second kappa shape index (κ2) is 6.93. The van der Waals surface area contributed by atoms with Crippen LogP contribution in [0.15, 0.2) is 42.6 Å². The van der Waals surface area contributed by atoms with Gasteiger partial charge in [0.15, 0.2) is 11.5 Å². The minimum atomic E-state index is -0.130. The lowest BCUT2D eigenvalue weighted by molar-refractivity contribution is 0.0979. The van der Waals surface area contributed by atoms with Crippen molar-refractivity contribution in [3.8, 4) is 11.5 Å². The van der Waals surface area contributed by atoms with Gasteiger partial charge >= 0.3 is 0 Å². The number of rotatable bonds is 5. The molecular formula is C17H20N2O3. The van der Waals surface area contributed by atoms with E-state index in [2.05, 4.69) is 4.98 Å². The number of pyridine rings is 1. The molecule has 2 rings (SSSR count). The molecule has 22 heavy (non-hydrogen) atoms. The molecule has 0 fully saturated rings. The van der Waals surface area contributed by atoms with Crippen molar-refractivity contribution >= 4 is 11.7 Å². The molecule has 1 aromatic heterocycles. The van der Waals surface area contributed by atoms with Crippen LogP contribution in [0, 0.1) is 0 Å². The summed E-state index contributed by atoms with van der Waals surface area (Å²) >= 11 is 0. The van der Waals surface area contributed by atoms with Gasteiger partial charge in [-0.2, -0.15) is 0 Å². The number of hydrogen-bond acceptors (Lipinski definition) is 4. The van der Waals surface area contributed by atoms with Gasteiger partial charge in [0.25, 0.3) is 5.91 Å². The van der Waals surface area contributed by atoms with Crippen molar-refractivity contribution < 1.29 is 14.3 Å². The van der Waals surface area contributed by atoms with Gasteiger partial charge in [-0.1, -0.05) is 6.07 Å². The smallest absolute Gasteiger partial charge is 0.259 e. The van der Waals surface area contributed by atoms with Crippen LogP contribution in [-0.2, 0) is 0 Å². The maximum atomic E-state index is 12.8. The number of benzene rings is 1. The van der Waals surface area contributed by atoms with Crippen molar-refractivity contribution in [1.29, 1.82) is 0 Å². The predicted molar refractivity (Wildman–Crippen MR) is 85.7 cm³/mol. The van der Waals surface area contributed by atoms with E-state index in [0.29, 0.717) is 22.9 Å². The molecule has 2 aromatic rings. The van der Waals surface area contributed by atoms with Gasteiger partial charge in [-0.15, -0.1) is 0 Å². The summed E-state index contributed by atoms with van der Waals surface area (Å²) in [7, 11) is 3.11. The quantitative estimate of drug-likeness (QED) is 0.851. The Labute approximate surface area is 130 Å². The van der Waals surface area contributed by atoms with Crippen LogP contribution in [0.25, 0.3) is 0 Å². The summed E-state index contributed by atoms with van der Waals surface area (Å²) in [6, 6.07) is 10.6. The fourth-order valence-electron chi connectivity index (χ4n) is 2.21. The Balaban J connectivity index is 2.40. The summed E-state index contributed by atoms with van der Waals surface area (Å²) in [5.41, 5.74) is 0.525. The first-order valence-electron chi connectivity index (χ1n) is 7.05. The molecule has 0 aliphatic carbocycles. The molecule has 0 N–H and O–H groups in total. The predicted octanol–water partition coefficient (Wildman–Crippen LogP) is 3.15. The third-order valence-corrected chi connectivity index (χ3v) is 3.26. The first kappa shape index (κ1) is 15.8. The number of aromatic nitrogens is 1. The Morgan fingerprint density at radius 2 is 1.82 bits per heavy atom. The number of nitrogens with zero attached hydrogens (tertiary/aromatic N) is 2. The van der Waals surface area contributed by atoms with Gasteiger partial charge in [0.2, 0.25) is 0 Å². The summed E-state index contributed by atoms with van der Waals surface area (Å²) in [4.78, 5) is 18.8. The first-order chi connectivity index (χ1) is 10.6. The number of amides is 1. The number of anilines is 1. The molecule has 5 heteroatoms. The molecule has 0 aliphatic rings. The van der Waals surface area contributed by atoms with E-state index in [1.165, 1.54) is 0 Å². The molecule has 0 atom stereocenters. The lowest BCUT2D eigenvalue weighted by Gasteiger charge is -2.26. The van der Waals surface area contributed by atoms with Crippen LogP contribution >= 0.6 is 0 Å². The van der Waals surface area contributed by atoms with Crippen molar-refractivity contribution in [1.82, 2.24) is 4.98 Å². The summed E-state index contributed by atoms with van der Waals surface area (Å²) in [6.45, 7) is 3.90. The minimum Gasteiger partial charge on any atom is -0.493 e. The molecule has 0 radical (unpaired) electrons. The second-order valence-corrected chi connectivity index (χ2v) is 5.03. The fourth-order valence-corrected chi connectivity index (χ4v) is 2.21. The lowest BCUT2D eigenvalue weighted by Crippen LogP contribution is -2.37. The average Bonchev–Trinajstić information content (AvgIpc) is 2.54. The molecule has 5 nitrogen and oxygen atoms in total. The van der Waals surface area contributed by atoms with E-state index in [0.717, 1.165) is 0 Å². The number of methoxy groups -OCH3 is 2. The largest absolute Gasteiger partial charge is 0.493 e. The molecule has 0 saturated heterocycles. The van der Waals surface area contributed by atoms with Gasteiger partial charge in [0.1, 0.15) is 5.82 Å². The molecule has 1 heterocycles. The molecule has 1 aromatic carbocycles. The summed E-state index contributed by atoms with van der Waals surface area (Å²) in [5.74, 6) is 1.61. The monoisotopic (exact) mass is 300 g/mol. The Morgan fingerprint density at radius 1 is 1.09 bits per heavy atom. The molecule has 0 bridgehead atoms. The highest BCUT2D eigenvalue weighted by molar-refractivity contribution is 6.06. The highest BCUT2D eigenvalue weighted by Crippen LogP contribution is 2.29. The van der Waals surface area contributed by atoms with E-state index in [4.69, 9.17) is 9.47 Å². The number of carbonyl (C=O) groups excluding carboxylic acids is 1. The Bertz CT molecular complexity index is 642. The van der Waals surface area contributed by atoms with Crippen molar-refractivity contribution in [2.24, 2.45) is 0 Å². The summed E-state index contributed by atoms with van der Waals surface area (Å²) < 4.78 is 10.5. The zero-order chi connectivity index (χ0) is 16.1. The molecule has 0 saturated carbocycles. The van der Waals surface area contributed by atoms with Crippen LogP contribution in [0.4, 0.5) is 5.82 Å². The van der Waals surface area contributed by atoms with Crippen molar-refractivity contribution in [3.05, 3.63) is 48.2 Å². The van der Waals surface area contributed by atoms with E-state index in [1.807, 2.05) is 32.0 Å². The first-order valence-corrected chi connectivity index (χ1v) is 7.05. The van der Waals surface area contributed by atoms with Gasteiger partial charge in [-0.05, 0) is 44.2 Å². The lowest BCUT2D eigenvalue weighted by atomic mass is 10.1. The standard InChI is InChI=1S/C17H20N2O3/c1-12(2)19(16-7-5-6-10-18-16)17(20)13-8-9-14(21-3)15(11-13)22-4/h5-12H,1-4H3. The fraction of sp³-hybridized carbons (Fsp3) is 0.294. The van der Waals surface area contributed by atoms with Gasteiger partial charge < -0.3 is 9.47 Å². The Kier molecular flexibility index (Phi) is 4.99. The van der Waals surface area contributed by atoms with Crippen molar-refractivity contribution in [2.75, 3.05) is 19.1 Å². The average molecular weight is 300 g/mol. The van der Waals surface area contributed by atoms with Crippen LogP contribution in [-0.4, -0.2) is 31.2 Å². The van der Waals surface area contributed by atoms with E-state index < -0.39 is 0 Å². The second-order valence-electron chi connectivity index (χ2n) is 5.03. The zero-order valence-electron chi connectivity index (χ0n) is 13.2. The maximum Gasteiger partial charge on any atom is 0.259 e. The number of carbonyl (C=O) groups is 1. The maximum absolute atomic E-state index is 12.8. The Hall–Kier alpha value is -2.56. The third kappa shape index (κ3) is 3.19. The van der Waals surface area contributed by atoms with Gasteiger partial charge in [-0.3, -0.25) is 9.69 Å². The number of ether oxygens (including phenoxy) is 2. The molecular weight excluding hydrogens is 280 g/mol. The van der Waals surface area contributed by atoms with Crippen molar-refractivity contribution in [2.45, 2.75) is 19.9 Å². The van der Waals surface area contributed by atoms with E-state index >= 15 is 0 Å². The SMILES string of the molecule is COc1ccc(C(=O)N(c2ccccn2)C(C)C)cc1OC. The summed E-state index contributed by atoms with van der Waals surface area (Å²) in [5, 5.41) is 0. The van der Waals surface area contributed by atoms with E-state index in [9.17, 15) is 4.79 Å². The third-order valence-electron chi connectivity index (χ3n) is 3.26. The van der Waals surface area contributed by atoms with Crippen LogP contribution in [0.2, 0.25) is 0 Å². The highest BCUT2D eigenvalue weighted by atomic mass is 16.5. The topological polar surface area (TPSA) is 51.7 Å². The zero-order valence-corrected chi connectivity index (χ0v) is 13.2. The minimum absolute atomic E-state index is 0.0181. The van der Waals surface area contributed by atoms with Crippen LogP contribution in [0.3, 0.4) is 0 Å². The van der Waals surface area contributed by atoms with E-state index in [-0.39, 0.29) is 11.9 Å². The number of hydrogen-bond donors (Lipinski definition) is 0. The van der Waals surface area contributed by atoms with Crippen LogP contribution in [0.1, 0.15) is 24.2 Å². The van der Waals surface area contributed by atoms with Gasteiger partial charge in [0.05, 0.1) is 14.2 Å². The van der Waals surface area contributed by atoms with Crippen LogP contribution < -0.4 is 14.4 Å². The molecule has 0 aliphatic heterocycles. The van der Waals surface area contributed by atoms with Crippen molar-refractivity contribution in [3.63, 3.8) is 0 Å². The van der Waals surface area contributed by atoms with Crippen LogP contribution in [0.5, 0.6) is 11.5 Å². The van der Waals surface area contributed by atoms with Gasteiger partial charge in [-0.25, -0.2) is 4.98 Å². The highest BCUT2D eigenvalue weighted by Gasteiger charge is 2.22. The molecule has 0 spiro atoms. The van der Waals surface area contributed by atoms with Gasteiger partial charge in [0, 0.05) is 17.8 Å². The molecule has 0 unspecified atom stereocenters.